The quantitative estimate of drug-likeness (QED) is 0.899. The van der Waals surface area contributed by atoms with Crippen LogP contribution in [0, 0.1) is 0 Å². The van der Waals surface area contributed by atoms with E-state index in [4.69, 9.17) is 0 Å². The Morgan fingerprint density at radius 2 is 2.05 bits per heavy atom. The van der Waals surface area contributed by atoms with Crippen LogP contribution in [0.25, 0.3) is 0 Å². The van der Waals surface area contributed by atoms with E-state index in [1.165, 1.54) is 37.9 Å². The van der Waals surface area contributed by atoms with Crippen LogP contribution in [0.4, 0.5) is 19.0 Å². The van der Waals surface area contributed by atoms with E-state index in [2.05, 4.69) is 15.2 Å². The number of alkyl halides is 3. The topological polar surface area (TPSA) is 28.2 Å². The molecule has 1 aromatic rings. The second-order valence-corrected chi connectivity index (χ2v) is 5.24. The molecule has 0 aliphatic heterocycles. The monoisotopic (exact) mass is 287 g/mol. The summed E-state index contributed by atoms with van der Waals surface area (Å²) in [6.07, 6.45) is 1.88. The van der Waals surface area contributed by atoms with Crippen LogP contribution < -0.4 is 5.32 Å². The molecule has 1 heterocycles. The van der Waals surface area contributed by atoms with Crippen molar-refractivity contribution >= 4 is 5.82 Å². The van der Waals surface area contributed by atoms with Crippen molar-refractivity contribution in [3.05, 3.63) is 23.9 Å². The van der Waals surface area contributed by atoms with Crippen LogP contribution in [0.5, 0.6) is 0 Å². The van der Waals surface area contributed by atoms with Crippen molar-refractivity contribution in [1.29, 1.82) is 0 Å². The van der Waals surface area contributed by atoms with Gasteiger partial charge in [0.25, 0.3) is 0 Å². The first-order chi connectivity index (χ1) is 9.48. The molecule has 112 valence electrons. The number of rotatable bonds is 5. The number of hydrogen-bond acceptors (Lipinski definition) is 3. The second kappa shape index (κ2) is 6.43. The van der Waals surface area contributed by atoms with Crippen LogP contribution >= 0.6 is 0 Å². The zero-order valence-corrected chi connectivity index (χ0v) is 11.6. The number of pyridine rings is 1. The highest BCUT2D eigenvalue weighted by atomic mass is 19.4. The van der Waals surface area contributed by atoms with Crippen LogP contribution in [0.1, 0.15) is 31.2 Å². The minimum Gasteiger partial charge on any atom is -0.368 e. The summed E-state index contributed by atoms with van der Waals surface area (Å²) < 4.78 is 38.4. The fourth-order valence-electron chi connectivity index (χ4n) is 2.65. The summed E-state index contributed by atoms with van der Waals surface area (Å²) in [7, 11) is 2.03. The zero-order chi connectivity index (χ0) is 14.6. The first-order valence-electron chi connectivity index (χ1n) is 6.95. The lowest BCUT2D eigenvalue weighted by Gasteiger charge is -2.24. The van der Waals surface area contributed by atoms with E-state index in [1.807, 2.05) is 7.05 Å². The maximum absolute atomic E-state index is 12.8. The lowest BCUT2D eigenvalue weighted by Crippen LogP contribution is -2.33. The number of aromatic nitrogens is 1. The summed E-state index contributed by atoms with van der Waals surface area (Å²) in [6, 6.07) is 2.93. The van der Waals surface area contributed by atoms with Crippen molar-refractivity contribution in [2.45, 2.75) is 37.9 Å². The van der Waals surface area contributed by atoms with Crippen LogP contribution in [-0.4, -0.2) is 36.1 Å². The average molecular weight is 287 g/mol. The third kappa shape index (κ3) is 3.85. The number of anilines is 1. The molecule has 0 atom stereocenters. The normalized spacial score (nSPS) is 16.9. The molecule has 3 nitrogen and oxygen atoms in total. The number of likely N-dealkylation sites (N-methyl/N-ethyl adjacent to an activating group) is 1. The molecule has 1 fully saturated rings. The lowest BCUT2D eigenvalue weighted by atomic mass is 10.2. The molecular weight excluding hydrogens is 267 g/mol. The lowest BCUT2D eigenvalue weighted by molar-refractivity contribution is -0.137. The predicted octanol–water partition coefficient (Wildman–Crippen LogP) is 3.39. The van der Waals surface area contributed by atoms with E-state index < -0.39 is 11.7 Å². The molecule has 1 aliphatic carbocycles. The molecule has 1 aliphatic rings. The molecule has 0 saturated heterocycles. The summed E-state index contributed by atoms with van der Waals surface area (Å²) in [6.45, 7) is 1.19. The smallest absolute Gasteiger partial charge is 0.368 e. The maximum atomic E-state index is 12.8. The molecular formula is C14H20F3N3. The van der Waals surface area contributed by atoms with Crippen LogP contribution in [0.15, 0.2) is 18.3 Å². The molecule has 2 rings (SSSR count). The van der Waals surface area contributed by atoms with Crippen LogP contribution in [0.3, 0.4) is 0 Å². The van der Waals surface area contributed by atoms with Gasteiger partial charge in [0.15, 0.2) is 0 Å². The van der Waals surface area contributed by atoms with Crippen molar-refractivity contribution < 1.29 is 13.2 Å². The predicted molar refractivity (Wildman–Crippen MR) is 72.6 cm³/mol. The van der Waals surface area contributed by atoms with Crippen molar-refractivity contribution in [3.8, 4) is 0 Å². The molecule has 1 saturated carbocycles. The highest BCUT2D eigenvalue weighted by molar-refractivity contribution is 5.45. The van der Waals surface area contributed by atoms with Crippen molar-refractivity contribution in [1.82, 2.24) is 9.88 Å². The number of hydrogen-bond donors (Lipinski definition) is 1. The first-order valence-corrected chi connectivity index (χ1v) is 6.95. The van der Waals surface area contributed by atoms with Gasteiger partial charge < -0.3 is 10.2 Å². The van der Waals surface area contributed by atoms with Gasteiger partial charge in [-0.3, -0.25) is 0 Å². The van der Waals surface area contributed by atoms with E-state index >= 15 is 0 Å². The third-order valence-corrected chi connectivity index (χ3v) is 3.82. The Labute approximate surface area is 117 Å². The summed E-state index contributed by atoms with van der Waals surface area (Å²) in [5.74, 6) is -0.0835. The molecule has 0 radical (unpaired) electrons. The molecule has 0 unspecified atom stereocenters. The standard InChI is InChI=1S/C14H20F3N3/c1-20(11-5-2-3-6-11)10-9-19-13-12(14(15,16)17)7-4-8-18-13/h4,7-8,11H,2-3,5-6,9-10H2,1H3,(H,18,19). The first kappa shape index (κ1) is 15.1. The summed E-state index contributed by atoms with van der Waals surface area (Å²) >= 11 is 0. The Morgan fingerprint density at radius 3 is 2.70 bits per heavy atom. The number of nitrogens with one attached hydrogen (secondary N) is 1. The minimum absolute atomic E-state index is 0.0835. The SMILES string of the molecule is CN(CCNc1ncccc1C(F)(F)F)C1CCCC1. The Hall–Kier alpha value is -1.30. The fraction of sp³-hybridized carbons (Fsp3) is 0.643. The van der Waals surface area contributed by atoms with Gasteiger partial charge >= 0.3 is 6.18 Å². The maximum Gasteiger partial charge on any atom is 0.419 e. The van der Waals surface area contributed by atoms with Gasteiger partial charge in [0.1, 0.15) is 5.82 Å². The van der Waals surface area contributed by atoms with Crippen molar-refractivity contribution in [3.63, 3.8) is 0 Å². The molecule has 1 aromatic heterocycles. The molecule has 6 heteroatoms. The third-order valence-electron chi connectivity index (χ3n) is 3.82. The van der Waals surface area contributed by atoms with E-state index in [9.17, 15) is 13.2 Å². The van der Waals surface area contributed by atoms with Gasteiger partial charge in [0.2, 0.25) is 0 Å². The fourth-order valence-corrected chi connectivity index (χ4v) is 2.65. The highest BCUT2D eigenvalue weighted by Crippen LogP contribution is 2.33. The second-order valence-electron chi connectivity index (χ2n) is 5.24. The minimum atomic E-state index is -4.37. The molecule has 0 spiro atoms. The summed E-state index contributed by atoms with van der Waals surface area (Å²) in [5, 5.41) is 2.80. The van der Waals surface area contributed by atoms with Gasteiger partial charge in [-0.1, -0.05) is 12.8 Å². The molecule has 1 N–H and O–H groups in total. The Bertz CT molecular complexity index is 428. The highest BCUT2D eigenvalue weighted by Gasteiger charge is 2.34. The van der Waals surface area contributed by atoms with E-state index in [0.29, 0.717) is 12.6 Å². The van der Waals surface area contributed by atoms with Crippen molar-refractivity contribution in [2.24, 2.45) is 0 Å². The molecule has 20 heavy (non-hydrogen) atoms. The van der Waals surface area contributed by atoms with Gasteiger partial charge in [0, 0.05) is 25.3 Å². The van der Waals surface area contributed by atoms with Gasteiger partial charge in [-0.2, -0.15) is 13.2 Å². The summed E-state index contributed by atoms with van der Waals surface area (Å²) in [4.78, 5) is 6.01. The number of halogens is 3. The summed E-state index contributed by atoms with van der Waals surface area (Å²) in [5.41, 5.74) is -0.705. The molecule has 0 bridgehead atoms. The van der Waals surface area contributed by atoms with Gasteiger partial charge in [0.05, 0.1) is 5.56 Å². The average Bonchev–Trinajstić information content (AvgIpc) is 2.92. The number of nitrogens with zero attached hydrogens (tertiary/aromatic N) is 2. The Balaban J connectivity index is 1.88. The molecule has 0 amide bonds. The van der Waals surface area contributed by atoms with Gasteiger partial charge in [-0.25, -0.2) is 4.98 Å². The largest absolute Gasteiger partial charge is 0.419 e. The molecule has 0 aromatic carbocycles. The Morgan fingerprint density at radius 1 is 1.35 bits per heavy atom. The van der Waals surface area contributed by atoms with E-state index in [-0.39, 0.29) is 5.82 Å². The Kier molecular flexibility index (Phi) is 4.86. The zero-order valence-electron chi connectivity index (χ0n) is 11.6. The van der Waals surface area contributed by atoms with Gasteiger partial charge in [-0.05, 0) is 32.0 Å². The van der Waals surface area contributed by atoms with E-state index in [0.717, 1.165) is 12.6 Å². The van der Waals surface area contributed by atoms with Crippen molar-refractivity contribution in [2.75, 3.05) is 25.5 Å². The van der Waals surface area contributed by atoms with Crippen LogP contribution in [-0.2, 0) is 6.18 Å². The van der Waals surface area contributed by atoms with E-state index in [1.54, 1.807) is 0 Å². The van der Waals surface area contributed by atoms with Crippen LogP contribution in [0.2, 0.25) is 0 Å². The van der Waals surface area contributed by atoms with Gasteiger partial charge in [-0.15, -0.1) is 0 Å².